The topological polar surface area (TPSA) is 88.6 Å². The standard InChI is InChI=1S/C32H44ClN3O4S/c1-2-7-27(38)20-24(21-31-34-29-11-9-25(33)22-30(29)41-31)32(39)35-28(23-13-18-40-19-14-23)12-10-26(37)8-6-17-36-15-4-3-5-16-36/h6,8-9,11,22-24,28H,2-5,7,10,12-21H2,1H3,(H,35,39)/b8-6+/t24-,28+/m0/s1. The van der Waals surface area contributed by atoms with Crippen LogP contribution in [-0.2, 0) is 25.5 Å². The summed E-state index contributed by atoms with van der Waals surface area (Å²) in [6, 6.07) is 5.44. The van der Waals surface area contributed by atoms with Gasteiger partial charge < -0.3 is 10.1 Å². The van der Waals surface area contributed by atoms with Gasteiger partial charge in [-0.15, -0.1) is 11.3 Å². The summed E-state index contributed by atoms with van der Waals surface area (Å²) in [5, 5.41) is 4.76. The van der Waals surface area contributed by atoms with E-state index in [-0.39, 0.29) is 35.9 Å². The number of aromatic nitrogens is 1. The van der Waals surface area contributed by atoms with Crippen molar-refractivity contribution in [3.05, 3.63) is 40.4 Å². The van der Waals surface area contributed by atoms with E-state index in [2.05, 4.69) is 10.2 Å². The molecule has 1 aromatic carbocycles. The molecule has 7 nitrogen and oxygen atoms in total. The third kappa shape index (κ3) is 10.3. The second kappa shape index (κ2) is 16.5. The van der Waals surface area contributed by atoms with E-state index >= 15 is 0 Å². The lowest BCUT2D eigenvalue weighted by Crippen LogP contribution is -2.45. The van der Waals surface area contributed by atoms with Crippen LogP contribution in [0.4, 0.5) is 0 Å². The van der Waals surface area contributed by atoms with Crippen molar-refractivity contribution in [2.75, 3.05) is 32.8 Å². The number of ketones is 2. The Morgan fingerprint density at radius 2 is 1.95 bits per heavy atom. The van der Waals surface area contributed by atoms with E-state index in [0.717, 1.165) is 54.1 Å². The van der Waals surface area contributed by atoms with E-state index < -0.39 is 5.92 Å². The number of carbonyl (C=O) groups is 3. The SMILES string of the molecule is CCCC(=O)C[C@@H](Cc1nc2ccc(Cl)cc2s1)C(=O)N[C@H](CCC(=O)/C=C/CN1CCCCC1)C1CCOCC1. The molecule has 41 heavy (non-hydrogen) atoms. The number of allylic oxidation sites excluding steroid dienone is 1. The molecule has 0 bridgehead atoms. The van der Waals surface area contributed by atoms with Crippen LogP contribution in [0.2, 0.25) is 5.02 Å². The number of fused-ring (bicyclic) bond motifs is 1. The van der Waals surface area contributed by atoms with Crippen LogP contribution in [0.5, 0.6) is 0 Å². The molecule has 2 aliphatic heterocycles. The average Bonchev–Trinajstić information content (AvgIpc) is 3.37. The van der Waals surface area contributed by atoms with Crippen LogP contribution in [0.1, 0.15) is 76.1 Å². The third-order valence-electron chi connectivity index (χ3n) is 8.17. The predicted molar refractivity (Wildman–Crippen MR) is 166 cm³/mol. The monoisotopic (exact) mass is 601 g/mol. The number of halogens is 1. The van der Waals surface area contributed by atoms with Crippen molar-refractivity contribution in [1.29, 1.82) is 0 Å². The number of hydrogen-bond acceptors (Lipinski definition) is 7. The Hall–Kier alpha value is -2.13. The van der Waals surface area contributed by atoms with Gasteiger partial charge in [0.25, 0.3) is 0 Å². The molecule has 0 spiro atoms. The highest BCUT2D eigenvalue weighted by atomic mass is 35.5. The van der Waals surface area contributed by atoms with Gasteiger partial charge in [-0.25, -0.2) is 4.98 Å². The highest BCUT2D eigenvalue weighted by Crippen LogP contribution is 2.28. The molecule has 1 N–H and O–H groups in total. The lowest BCUT2D eigenvalue weighted by molar-refractivity contribution is -0.130. The number of piperidine rings is 1. The normalized spacial score (nSPS) is 18.5. The van der Waals surface area contributed by atoms with E-state index in [1.807, 2.05) is 31.2 Å². The van der Waals surface area contributed by atoms with Crippen molar-refractivity contribution in [2.24, 2.45) is 11.8 Å². The smallest absolute Gasteiger partial charge is 0.224 e. The minimum Gasteiger partial charge on any atom is -0.381 e. The zero-order valence-corrected chi connectivity index (χ0v) is 25.8. The van der Waals surface area contributed by atoms with Crippen molar-refractivity contribution in [3.63, 3.8) is 0 Å². The summed E-state index contributed by atoms with van der Waals surface area (Å²) in [4.78, 5) is 46.3. The second-order valence-electron chi connectivity index (χ2n) is 11.4. The number of likely N-dealkylation sites (tertiary alicyclic amines) is 1. The number of hydrogen-bond donors (Lipinski definition) is 1. The maximum Gasteiger partial charge on any atom is 0.224 e. The van der Waals surface area contributed by atoms with Gasteiger partial charge in [-0.05, 0) is 81.8 Å². The van der Waals surface area contributed by atoms with Crippen molar-refractivity contribution in [2.45, 2.75) is 83.6 Å². The van der Waals surface area contributed by atoms with Gasteiger partial charge in [-0.2, -0.15) is 0 Å². The average molecular weight is 602 g/mol. The third-order valence-corrected chi connectivity index (χ3v) is 9.45. The first-order valence-electron chi connectivity index (χ1n) is 15.3. The molecule has 0 unspecified atom stereocenters. The Bertz CT molecular complexity index is 1190. The van der Waals surface area contributed by atoms with Crippen LogP contribution in [0, 0.1) is 11.8 Å². The van der Waals surface area contributed by atoms with Gasteiger partial charge in [0, 0.05) is 56.5 Å². The molecule has 1 amide bonds. The zero-order chi connectivity index (χ0) is 29.0. The quantitative estimate of drug-likeness (QED) is 0.246. The van der Waals surface area contributed by atoms with E-state index in [1.54, 1.807) is 6.08 Å². The molecular weight excluding hydrogens is 558 g/mol. The summed E-state index contributed by atoms with van der Waals surface area (Å²) in [5.41, 5.74) is 0.848. The number of Topliss-reactive ketones (excluding diaryl/α,β-unsaturated/α-hetero) is 1. The number of ether oxygens (including phenoxy) is 1. The summed E-state index contributed by atoms with van der Waals surface area (Å²) in [6.07, 6.45) is 11.9. The molecular formula is C32H44ClN3O4S. The summed E-state index contributed by atoms with van der Waals surface area (Å²) in [6.45, 7) is 6.31. The molecule has 3 heterocycles. The summed E-state index contributed by atoms with van der Waals surface area (Å²) < 4.78 is 6.55. The Kier molecular flexibility index (Phi) is 12.8. The van der Waals surface area contributed by atoms with Gasteiger partial charge in [-0.3, -0.25) is 19.3 Å². The van der Waals surface area contributed by atoms with Gasteiger partial charge in [0.15, 0.2) is 5.78 Å². The van der Waals surface area contributed by atoms with Gasteiger partial charge >= 0.3 is 0 Å². The van der Waals surface area contributed by atoms with Gasteiger partial charge in [0.2, 0.25) is 5.91 Å². The zero-order valence-electron chi connectivity index (χ0n) is 24.2. The van der Waals surface area contributed by atoms with Crippen molar-refractivity contribution in [3.8, 4) is 0 Å². The molecule has 0 aliphatic carbocycles. The van der Waals surface area contributed by atoms with Gasteiger partial charge in [-0.1, -0.05) is 31.0 Å². The largest absolute Gasteiger partial charge is 0.381 e. The number of nitrogens with zero attached hydrogens (tertiary/aromatic N) is 2. The molecule has 2 aliphatic rings. The van der Waals surface area contributed by atoms with E-state index in [1.165, 1.54) is 30.6 Å². The molecule has 2 saturated heterocycles. The van der Waals surface area contributed by atoms with Crippen LogP contribution < -0.4 is 5.32 Å². The molecule has 224 valence electrons. The molecule has 0 saturated carbocycles. The molecule has 2 atom stereocenters. The first kappa shape index (κ1) is 31.8. The van der Waals surface area contributed by atoms with Crippen LogP contribution in [0.3, 0.4) is 0 Å². The van der Waals surface area contributed by atoms with Gasteiger partial charge in [0.1, 0.15) is 5.78 Å². The Balaban J connectivity index is 1.41. The Morgan fingerprint density at radius 3 is 2.71 bits per heavy atom. The minimum absolute atomic E-state index is 0.0912. The maximum absolute atomic E-state index is 13.8. The second-order valence-corrected chi connectivity index (χ2v) is 13.0. The number of thiazole rings is 1. The molecule has 0 radical (unpaired) electrons. The molecule has 9 heteroatoms. The number of nitrogens with one attached hydrogen (secondary N) is 1. The summed E-state index contributed by atoms with van der Waals surface area (Å²) in [7, 11) is 0. The fraction of sp³-hybridized carbons (Fsp3) is 0.625. The maximum atomic E-state index is 13.8. The van der Waals surface area contributed by atoms with Crippen molar-refractivity contribution >= 4 is 50.6 Å². The summed E-state index contributed by atoms with van der Waals surface area (Å²) >= 11 is 7.68. The fourth-order valence-corrected chi connectivity index (χ4v) is 7.18. The molecule has 1 aromatic heterocycles. The van der Waals surface area contributed by atoms with Gasteiger partial charge in [0.05, 0.1) is 21.1 Å². The highest BCUT2D eigenvalue weighted by Gasteiger charge is 2.30. The summed E-state index contributed by atoms with van der Waals surface area (Å²) in [5.74, 6) is -0.206. The van der Waals surface area contributed by atoms with Crippen LogP contribution in [-0.4, -0.2) is 66.2 Å². The first-order valence-corrected chi connectivity index (χ1v) is 16.5. The Morgan fingerprint density at radius 1 is 1.17 bits per heavy atom. The fourth-order valence-electron chi connectivity index (χ4n) is 5.86. The number of amides is 1. The molecule has 4 rings (SSSR count). The minimum atomic E-state index is -0.507. The molecule has 2 fully saturated rings. The van der Waals surface area contributed by atoms with E-state index in [0.29, 0.717) is 43.9 Å². The lowest BCUT2D eigenvalue weighted by Gasteiger charge is -2.32. The van der Waals surface area contributed by atoms with Crippen LogP contribution in [0.15, 0.2) is 30.4 Å². The van der Waals surface area contributed by atoms with Crippen molar-refractivity contribution in [1.82, 2.24) is 15.2 Å². The van der Waals surface area contributed by atoms with Crippen LogP contribution >= 0.6 is 22.9 Å². The number of carbonyl (C=O) groups excluding carboxylic acids is 3. The first-order chi connectivity index (χ1) is 19.9. The van der Waals surface area contributed by atoms with Crippen LogP contribution in [0.25, 0.3) is 10.2 Å². The highest BCUT2D eigenvalue weighted by molar-refractivity contribution is 7.18. The number of rotatable bonds is 15. The Labute approximate surface area is 253 Å². The predicted octanol–water partition coefficient (Wildman–Crippen LogP) is 6.17. The van der Waals surface area contributed by atoms with E-state index in [4.69, 9.17) is 21.3 Å². The number of benzene rings is 1. The molecule has 2 aromatic rings. The van der Waals surface area contributed by atoms with E-state index in [9.17, 15) is 14.4 Å². The lowest BCUT2D eigenvalue weighted by atomic mass is 9.87. The van der Waals surface area contributed by atoms with Crippen molar-refractivity contribution < 1.29 is 19.1 Å².